The van der Waals surface area contributed by atoms with Crippen LogP contribution in [0.25, 0.3) is 5.65 Å². The number of hydrogen-bond donors (Lipinski definition) is 3. The molecule has 0 saturated heterocycles. The van der Waals surface area contributed by atoms with Crippen LogP contribution in [0, 0.1) is 5.92 Å². The summed E-state index contributed by atoms with van der Waals surface area (Å²) in [5, 5.41) is 15.0. The van der Waals surface area contributed by atoms with Gasteiger partial charge in [0, 0.05) is 42.9 Å². The Bertz CT molecular complexity index is 1310. The molecule has 2 aliphatic carbocycles. The molecule has 208 valence electrons. The Labute approximate surface area is 233 Å². The molecule has 0 aromatic carbocycles. The summed E-state index contributed by atoms with van der Waals surface area (Å²) in [7, 11) is 4.08. The molecular formula is C28H37ClN8O2. The zero-order chi connectivity index (χ0) is 27.4. The summed E-state index contributed by atoms with van der Waals surface area (Å²) in [6.45, 7) is 0.954. The Hall–Kier alpha value is -3.24. The number of nitrogens with zero attached hydrogens (tertiary/aromatic N) is 5. The van der Waals surface area contributed by atoms with Crippen LogP contribution in [0.15, 0.2) is 30.6 Å². The van der Waals surface area contributed by atoms with Gasteiger partial charge < -0.3 is 20.9 Å². The van der Waals surface area contributed by atoms with E-state index in [0.717, 1.165) is 57.2 Å². The van der Waals surface area contributed by atoms with E-state index in [-0.39, 0.29) is 11.9 Å². The van der Waals surface area contributed by atoms with E-state index in [2.05, 4.69) is 30.8 Å². The summed E-state index contributed by atoms with van der Waals surface area (Å²) in [6, 6.07) is 5.95. The Balaban J connectivity index is 1.25. The number of imidazole rings is 1. The first-order valence-corrected chi connectivity index (χ1v) is 14.2. The molecule has 2 fully saturated rings. The first kappa shape index (κ1) is 27.3. The highest BCUT2D eigenvalue weighted by atomic mass is 35.5. The fourth-order valence-corrected chi connectivity index (χ4v) is 5.33. The molecule has 2 saturated carbocycles. The fourth-order valence-electron chi connectivity index (χ4n) is 5.16. The van der Waals surface area contributed by atoms with Gasteiger partial charge in [0.2, 0.25) is 0 Å². The third-order valence-electron chi connectivity index (χ3n) is 7.40. The van der Waals surface area contributed by atoms with Crippen LogP contribution in [0.1, 0.15) is 68.3 Å². The van der Waals surface area contributed by atoms with Gasteiger partial charge in [0.05, 0.1) is 11.9 Å². The van der Waals surface area contributed by atoms with Crippen LogP contribution in [0.4, 0.5) is 17.2 Å². The van der Waals surface area contributed by atoms with Crippen molar-refractivity contribution in [3.05, 3.63) is 41.4 Å². The van der Waals surface area contributed by atoms with E-state index in [1.165, 1.54) is 0 Å². The largest absolute Gasteiger partial charge is 0.379 e. The van der Waals surface area contributed by atoms with Gasteiger partial charge in [-0.2, -0.15) is 0 Å². The molecular weight excluding hydrogens is 516 g/mol. The number of hydrogen-bond acceptors (Lipinski definition) is 8. The smallest absolute Gasteiger partial charge is 0.276 e. The number of amides is 1. The van der Waals surface area contributed by atoms with Gasteiger partial charge in [-0.05, 0) is 83.6 Å². The maximum Gasteiger partial charge on any atom is 0.276 e. The van der Waals surface area contributed by atoms with Crippen molar-refractivity contribution in [3.63, 3.8) is 0 Å². The number of carbonyl (C=O) groups excluding carboxylic acids is 2. The van der Waals surface area contributed by atoms with Gasteiger partial charge in [-0.25, -0.2) is 14.5 Å². The SMILES string of the molecule is CN(C)CCCC(=O)CC1CCC(Nc2cc(NC3CC3)c3ncc(C(=O)Nc4ccnc(Cl)c4)n3n2)CC1. The predicted octanol–water partition coefficient (Wildman–Crippen LogP) is 4.88. The normalized spacial score (nSPS) is 19.3. The molecule has 5 rings (SSSR count). The van der Waals surface area contributed by atoms with E-state index < -0.39 is 0 Å². The molecule has 0 atom stereocenters. The van der Waals surface area contributed by atoms with Crippen molar-refractivity contribution < 1.29 is 9.59 Å². The quantitative estimate of drug-likeness (QED) is 0.272. The zero-order valence-corrected chi connectivity index (χ0v) is 23.4. The molecule has 3 aromatic rings. The van der Waals surface area contributed by atoms with Crippen molar-refractivity contribution in [1.82, 2.24) is 24.5 Å². The first-order valence-electron chi connectivity index (χ1n) is 13.8. The summed E-state index contributed by atoms with van der Waals surface area (Å²) >= 11 is 5.97. The third-order valence-corrected chi connectivity index (χ3v) is 7.60. The lowest BCUT2D eigenvalue weighted by Gasteiger charge is -2.29. The van der Waals surface area contributed by atoms with Gasteiger partial charge in [-0.1, -0.05) is 11.6 Å². The molecule has 1 amide bonds. The summed E-state index contributed by atoms with van der Waals surface area (Å²) < 4.78 is 1.60. The molecule has 39 heavy (non-hydrogen) atoms. The highest BCUT2D eigenvalue weighted by Gasteiger charge is 2.26. The molecule has 0 aliphatic heterocycles. The number of halogens is 1. The number of fused-ring (bicyclic) bond motifs is 1. The van der Waals surface area contributed by atoms with Crippen molar-refractivity contribution in [2.45, 2.75) is 69.9 Å². The van der Waals surface area contributed by atoms with Gasteiger partial charge >= 0.3 is 0 Å². The highest BCUT2D eigenvalue weighted by molar-refractivity contribution is 6.29. The molecule has 3 heterocycles. The van der Waals surface area contributed by atoms with E-state index in [0.29, 0.717) is 58.6 Å². The number of anilines is 3. The number of ketones is 1. The summed E-state index contributed by atoms with van der Waals surface area (Å²) in [5.41, 5.74) is 2.35. The zero-order valence-electron chi connectivity index (χ0n) is 22.6. The van der Waals surface area contributed by atoms with E-state index in [9.17, 15) is 9.59 Å². The van der Waals surface area contributed by atoms with E-state index in [1.54, 1.807) is 29.0 Å². The van der Waals surface area contributed by atoms with Crippen LogP contribution in [0.5, 0.6) is 0 Å². The summed E-state index contributed by atoms with van der Waals surface area (Å²) in [6.07, 6.45) is 11.6. The van der Waals surface area contributed by atoms with Crippen LogP contribution in [0.2, 0.25) is 5.15 Å². The number of Topliss-reactive ketones (excluding diaryl/α,β-unsaturated/α-hetero) is 1. The molecule has 0 bridgehead atoms. The molecule has 10 nitrogen and oxygen atoms in total. The number of pyridine rings is 1. The second-order valence-electron chi connectivity index (χ2n) is 11.1. The predicted molar refractivity (Wildman–Crippen MR) is 154 cm³/mol. The van der Waals surface area contributed by atoms with E-state index in [4.69, 9.17) is 16.7 Å². The van der Waals surface area contributed by atoms with Gasteiger partial charge in [0.1, 0.15) is 16.8 Å². The molecule has 0 radical (unpaired) electrons. The minimum Gasteiger partial charge on any atom is -0.379 e. The Morgan fingerprint density at radius 2 is 1.79 bits per heavy atom. The Kier molecular flexibility index (Phi) is 8.62. The minimum atomic E-state index is -0.331. The monoisotopic (exact) mass is 552 g/mol. The van der Waals surface area contributed by atoms with Crippen LogP contribution >= 0.6 is 11.6 Å². The Morgan fingerprint density at radius 3 is 2.51 bits per heavy atom. The van der Waals surface area contributed by atoms with Crippen LogP contribution in [-0.4, -0.2) is 68.9 Å². The average molecular weight is 553 g/mol. The number of rotatable bonds is 12. The number of aromatic nitrogens is 4. The van der Waals surface area contributed by atoms with Crippen molar-refractivity contribution in [2.75, 3.05) is 36.6 Å². The third kappa shape index (κ3) is 7.45. The standard InChI is InChI=1S/C28H37ClN8O2/c1-36(2)13-3-4-22(38)14-18-5-7-20(8-6-18)33-26-16-23(32-19-9-10-19)27-31-17-24(37(27)35-26)28(39)34-21-11-12-30-25(29)15-21/h11-12,15-20,32H,3-10,13-14H2,1-2H3,(H,33,35)(H,30,34,39). The van der Waals surface area contributed by atoms with E-state index in [1.807, 2.05) is 20.2 Å². The Morgan fingerprint density at radius 1 is 1.05 bits per heavy atom. The van der Waals surface area contributed by atoms with Gasteiger partial charge in [-0.3, -0.25) is 9.59 Å². The van der Waals surface area contributed by atoms with Crippen molar-refractivity contribution in [1.29, 1.82) is 0 Å². The van der Waals surface area contributed by atoms with Gasteiger partial charge in [-0.15, -0.1) is 5.10 Å². The van der Waals surface area contributed by atoms with Crippen LogP contribution in [-0.2, 0) is 4.79 Å². The maximum atomic E-state index is 13.1. The lowest BCUT2D eigenvalue weighted by atomic mass is 9.82. The lowest BCUT2D eigenvalue weighted by molar-refractivity contribution is -0.120. The van der Waals surface area contributed by atoms with Crippen molar-refractivity contribution >= 4 is 46.1 Å². The minimum absolute atomic E-state index is 0.267. The van der Waals surface area contributed by atoms with E-state index >= 15 is 0 Å². The van der Waals surface area contributed by atoms with Gasteiger partial charge in [0.25, 0.3) is 5.91 Å². The maximum absolute atomic E-state index is 13.1. The lowest BCUT2D eigenvalue weighted by Crippen LogP contribution is -2.28. The molecule has 3 N–H and O–H groups in total. The van der Waals surface area contributed by atoms with Gasteiger partial charge in [0.15, 0.2) is 11.3 Å². The topological polar surface area (TPSA) is 117 Å². The highest BCUT2D eigenvalue weighted by Crippen LogP contribution is 2.32. The average Bonchev–Trinajstić information content (AvgIpc) is 3.60. The molecule has 11 heteroatoms. The molecule has 0 spiro atoms. The van der Waals surface area contributed by atoms with Crippen LogP contribution < -0.4 is 16.0 Å². The van der Waals surface area contributed by atoms with Crippen molar-refractivity contribution in [2.24, 2.45) is 5.92 Å². The second kappa shape index (κ2) is 12.3. The summed E-state index contributed by atoms with van der Waals surface area (Å²) in [5.74, 6) is 1.22. The van der Waals surface area contributed by atoms with Crippen LogP contribution in [0.3, 0.4) is 0 Å². The van der Waals surface area contributed by atoms with Crippen molar-refractivity contribution in [3.8, 4) is 0 Å². The summed E-state index contributed by atoms with van der Waals surface area (Å²) in [4.78, 5) is 36.1. The fraction of sp³-hybridized carbons (Fsp3) is 0.536. The number of nitrogens with one attached hydrogen (secondary N) is 3. The molecule has 0 unspecified atom stereocenters. The second-order valence-corrected chi connectivity index (χ2v) is 11.5. The molecule has 3 aromatic heterocycles. The first-order chi connectivity index (χ1) is 18.8. The molecule has 2 aliphatic rings. The number of carbonyl (C=O) groups is 2.